The minimum atomic E-state index is -0.947. The van der Waals surface area contributed by atoms with Gasteiger partial charge in [0.2, 0.25) is 0 Å². The normalized spacial score (nSPS) is 9.47. The van der Waals surface area contributed by atoms with Gasteiger partial charge in [-0.15, -0.1) is 0 Å². The van der Waals surface area contributed by atoms with Crippen molar-refractivity contribution >= 4 is 29.2 Å². The number of hydrogen-bond acceptors (Lipinski definition) is 4. The lowest BCUT2D eigenvalue weighted by Crippen LogP contribution is -2.25. The van der Waals surface area contributed by atoms with Gasteiger partial charge in [0.25, 0.3) is 0 Å². The Morgan fingerprint density at radius 2 is 2.33 bits per heavy atom. The van der Waals surface area contributed by atoms with Crippen LogP contribution in [0.4, 0.5) is 5.69 Å². The van der Waals surface area contributed by atoms with E-state index < -0.39 is 11.9 Å². The summed E-state index contributed by atoms with van der Waals surface area (Å²) in [5.74, 6) is -1.82. The third-order valence-corrected chi connectivity index (χ3v) is 1.77. The topological polar surface area (TPSA) is 68.3 Å². The number of anilines is 1. The van der Waals surface area contributed by atoms with Crippen LogP contribution in [0.1, 0.15) is 6.92 Å². The first-order valence-electron chi connectivity index (χ1n) is 4.23. The van der Waals surface area contributed by atoms with Crippen LogP contribution in [0.3, 0.4) is 0 Å². The maximum Gasteiger partial charge on any atom is 0.397 e. The number of carbonyl (C=O) groups is 2. The summed E-state index contributed by atoms with van der Waals surface area (Å²) in [6.45, 7) is 1.76. The number of pyridine rings is 1. The molecule has 0 aromatic carbocycles. The summed E-state index contributed by atoms with van der Waals surface area (Å²) in [7, 11) is 0. The third-order valence-electron chi connectivity index (χ3n) is 1.47. The molecule has 0 saturated carbocycles. The van der Waals surface area contributed by atoms with E-state index >= 15 is 0 Å². The Bertz CT molecular complexity index is 381. The van der Waals surface area contributed by atoms with Gasteiger partial charge >= 0.3 is 11.9 Å². The molecule has 80 valence electrons. The molecule has 0 aliphatic carbocycles. The standard InChI is InChI=1S/C9H9ClN2O3/c1-2-15-9(14)8(13)12-6-4-3-5-11-7(6)10/h3-5H,2H2,1H3,(H,12,13). The van der Waals surface area contributed by atoms with E-state index in [0.717, 1.165) is 0 Å². The largest absolute Gasteiger partial charge is 0.459 e. The first-order chi connectivity index (χ1) is 7.15. The van der Waals surface area contributed by atoms with Gasteiger partial charge in [-0.2, -0.15) is 0 Å². The molecule has 0 aliphatic rings. The van der Waals surface area contributed by atoms with Gasteiger partial charge in [-0.25, -0.2) is 9.78 Å². The van der Waals surface area contributed by atoms with Crippen LogP contribution in [0.25, 0.3) is 0 Å². The molecule has 0 fully saturated rings. The molecule has 0 radical (unpaired) electrons. The van der Waals surface area contributed by atoms with Crippen molar-refractivity contribution in [2.24, 2.45) is 0 Å². The number of esters is 1. The maximum atomic E-state index is 11.2. The molecular weight excluding hydrogens is 220 g/mol. The number of carbonyl (C=O) groups excluding carboxylic acids is 2. The fraction of sp³-hybridized carbons (Fsp3) is 0.222. The number of halogens is 1. The predicted molar refractivity (Wildman–Crippen MR) is 54.5 cm³/mol. The van der Waals surface area contributed by atoms with Crippen molar-refractivity contribution in [3.05, 3.63) is 23.5 Å². The molecular formula is C9H9ClN2O3. The zero-order chi connectivity index (χ0) is 11.3. The van der Waals surface area contributed by atoms with E-state index in [1.807, 2.05) is 0 Å². The molecule has 0 aliphatic heterocycles. The molecule has 1 aromatic rings. The molecule has 6 heteroatoms. The summed E-state index contributed by atoms with van der Waals surface area (Å²) in [6, 6.07) is 3.12. The molecule has 5 nitrogen and oxygen atoms in total. The van der Waals surface area contributed by atoms with E-state index in [1.165, 1.54) is 12.3 Å². The monoisotopic (exact) mass is 228 g/mol. The van der Waals surface area contributed by atoms with E-state index in [4.69, 9.17) is 11.6 Å². The molecule has 1 aromatic heterocycles. The Morgan fingerprint density at radius 3 is 2.93 bits per heavy atom. The summed E-state index contributed by atoms with van der Waals surface area (Å²) in [6.07, 6.45) is 1.47. The minimum absolute atomic E-state index is 0.121. The van der Waals surface area contributed by atoms with Gasteiger partial charge in [-0.1, -0.05) is 11.6 Å². The number of rotatable bonds is 2. The zero-order valence-corrected chi connectivity index (χ0v) is 8.75. The van der Waals surface area contributed by atoms with Gasteiger partial charge in [0.1, 0.15) is 0 Å². The Kier molecular flexibility index (Phi) is 4.05. The molecule has 15 heavy (non-hydrogen) atoms. The SMILES string of the molecule is CCOC(=O)C(=O)Nc1cccnc1Cl. The third kappa shape index (κ3) is 3.21. The first-order valence-corrected chi connectivity index (χ1v) is 4.61. The lowest BCUT2D eigenvalue weighted by atomic mass is 10.4. The summed E-state index contributed by atoms with van der Waals surface area (Å²) >= 11 is 5.67. The van der Waals surface area contributed by atoms with E-state index in [-0.39, 0.29) is 17.4 Å². The van der Waals surface area contributed by atoms with Gasteiger partial charge in [0.05, 0.1) is 12.3 Å². The average Bonchev–Trinajstić information content (AvgIpc) is 2.21. The molecule has 0 atom stereocenters. The second-order valence-corrected chi connectivity index (χ2v) is 2.87. The molecule has 0 unspecified atom stereocenters. The Labute approximate surface area is 91.4 Å². The lowest BCUT2D eigenvalue weighted by molar-refractivity contribution is -0.152. The number of nitrogens with one attached hydrogen (secondary N) is 1. The molecule has 1 N–H and O–H groups in total. The highest BCUT2D eigenvalue weighted by atomic mass is 35.5. The molecule has 0 bridgehead atoms. The first kappa shape index (κ1) is 11.5. The van der Waals surface area contributed by atoms with E-state index in [1.54, 1.807) is 13.0 Å². The van der Waals surface area contributed by atoms with Gasteiger partial charge in [0.15, 0.2) is 5.15 Å². The Balaban J connectivity index is 2.67. The highest BCUT2D eigenvalue weighted by Gasteiger charge is 2.15. The molecule has 0 spiro atoms. The minimum Gasteiger partial charge on any atom is -0.459 e. The Hall–Kier alpha value is -1.62. The average molecular weight is 229 g/mol. The van der Waals surface area contributed by atoms with Crippen LogP contribution in [0.5, 0.6) is 0 Å². The van der Waals surface area contributed by atoms with Crippen LogP contribution in [0.15, 0.2) is 18.3 Å². The van der Waals surface area contributed by atoms with Crippen molar-refractivity contribution in [2.75, 3.05) is 11.9 Å². The van der Waals surface area contributed by atoms with Crippen LogP contribution in [0.2, 0.25) is 5.15 Å². The lowest BCUT2D eigenvalue weighted by Gasteiger charge is -2.04. The van der Waals surface area contributed by atoms with E-state index in [9.17, 15) is 9.59 Å². The van der Waals surface area contributed by atoms with Gasteiger partial charge in [0, 0.05) is 6.20 Å². The van der Waals surface area contributed by atoms with Crippen molar-refractivity contribution < 1.29 is 14.3 Å². The van der Waals surface area contributed by atoms with Crippen molar-refractivity contribution in [3.63, 3.8) is 0 Å². The fourth-order valence-corrected chi connectivity index (χ4v) is 1.02. The summed E-state index contributed by atoms with van der Waals surface area (Å²) in [5.41, 5.74) is 0.275. The van der Waals surface area contributed by atoms with Crippen LogP contribution in [-0.4, -0.2) is 23.5 Å². The van der Waals surface area contributed by atoms with Crippen LogP contribution in [0, 0.1) is 0 Å². The van der Waals surface area contributed by atoms with Crippen molar-refractivity contribution in [1.29, 1.82) is 0 Å². The van der Waals surface area contributed by atoms with Crippen LogP contribution in [-0.2, 0) is 14.3 Å². The van der Waals surface area contributed by atoms with Crippen molar-refractivity contribution in [2.45, 2.75) is 6.92 Å². The van der Waals surface area contributed by atoms with Crippen molar-refractivity contribution in [1.82, 2.24) is 4.98 Å². The van der Waals surface area contributed by atoms with Gasteiger partial charge in [-0.3, -0.25) is 4.79 Å². The van der Waals surface area contributed by atoms with E-state index in [0.29, 0.717) is 0 Å². The van der Waals surface area contributed by atoms with E-state index in [2.05, 4.69) is 15.0 Å². The quantitative estimate of drug-likeness (QED) is 0.470. The smallest absolute Gasteiger partial charge is 0.397 e. The number of aromatic nitrogens is 1. The van der Waals surface area contributed by atoms with Crippen LogP contribution < -0.4 is 5.32 Å². The summed E-state index contributed by atoms with van der Waals surface area (Å²) in [4.78, 5) is 25.9. The highest BCUT2D eigenvalue weighted by molar-refractivity contribution is 6.39. The molecule has 1 rings (SSSR count). The second-order valence-electron chi connectivity index (χ2n) is 2.52. The number of amides is 1. The number of hydrogen-bond donors (Lipinski definition) is 1. The summed E-state index contributed by atoms with van der Waals surface area (Å²) < 4.78 is 4.50. The maximum absolute atomic E-state index is 11.2. The number of nitrogens with zero attached hydrogens (tertiary/aromatic N) is 1. The summed E-state index contributed by atoms with van der Waals surface area (Å²) in [5, 5.41) is 2.41. The second kappa shape index (κ2) is 5.31. The van der Waals surface area contributed by atoms with Crippen molar-refractivity contribution in [3.8, 4) is 0 Å². The van der Waals surface area contributed by atoms with Gasteiger partial charge in [-0.05, 0) is 19.1 Å². The molecule has 1 heterocycles. The highest BCUT2D eigenvalue weighted by Crippen LogP contribution is 2.17. The fourth-order valence-electron chi connectivity index (χ4n) is 0.849. The van der Waals surface area contributed by atoms with Crippen LogP contribution >= 0.6 is 11.6 Å². The zero-order valence-electron chi connectivity index (χ0n) is 7.99. The molecule has 1 amide bonds. The predicted octanol–water partition coefficient (Wildman–Crippen LogP) is 1.24. The van der Waals surface area contributed by atoms with Gasteiger partial charge < -0.3 is 10.1 Å². The number of ether oxygens (including phenoxy) is 1. The Morgan fingerprint density at radius 1 is 1.60 bits per heavy atom. The molecule has 0 saturated heterocycles.